The molecule has 0 amide bonds. The predicted octanol–water partition coefficient (Wildman–Crippen LogP) is 2.25. The minimum absolute atomic E-state index is 0.146. The lowest BCUT2D eigenvalue weighted by molar-refractivity contribution is 0.416. The quantitative estimate of drug-likeness (QED) is 0.876. The lowest BCUT2D eigenvalue weighted by Gasteiger charge is -1.99. The minimum atomic E-state index is 0.146. The summed E-state index contributed by atoms with van der Waals surface area (Å²) >= 11 is 0. The first-order valence-corrected chi connectivity index (χ1v) is 5.85. The van der Waals surface area contributed by atoms with Gasteiger partial charge in [0.25, 0.3) is 5.89 Å². The average molecular weight is 229 g/mol. The Labute approximate surface area is 99.8 Å². The van der Waals surface area contributed by atoms with Crippen LogP contribution >= 0.6 is 0 Å². The van der Waals surface area contributed by atoms with Gasteiger partial charge in [-0.25, -0.2) is 0 Å². The van der Waals surface area contributed by atoms with Crippen molar-refractivity contribution in [2.24, 2.45) is 5.73 Å². The first-order valence-electron chi connectivity index (χ1n) is 5.85. The van der Waals surface area contributed by atoms with Crippen molar-refractivity contribution in [3.63, 3.8) is 0 Å². The first kappa shape index (κ1) is 10.5. The lowest BCUT2D eigenvalue weighted by atomic mass is 10.1. The highest BCUT2D eigenvalue weighted by Crippen LogP contribution is 2.46. The van der Waals surface area contributed by atoms with Gasteiger partial charge in [0, 0.05) is 17.5 Å². The summed E-state index contributed by atoms with van der Waals surface area (Å²) in [6, 6.07) is 7.90. The Hall–Kier alpha value is -1.68. The van der Waals surface area contributed by atoms with E-state index < -0.39 is 0 Å². The maximum atomic E-state index is 5.61. The van der Waals surface area contributed by atoms with Crippen LogP contribution in [0.1, 0.15) is 31.2 Å². The molecule has 1 saturated carbocycles. The van der Waals surface area contributed by atoms with Crippen LogP contribution in [0, 0.1) is 0 Å². The number of nitrogens with zero attached hydrogens (tertiary/aromatic N) is 2. The van der Waals surface area contributed by atoms with E-state index in [2.05, 4.69) is 17.1 Å². The van der Waals surface area contributed by atoms with Gasteiger partial charge in [-0.05, 0) is 30.5 Å². The highest BCUT2D eigenvalue weighted by molar-refractivity contribution is 5.54. The van der Waals surface area contributed by atoms with Gasteiger partial charge < -0.3 is 10.3 Å². The van der Waals surface area contributed by atoms with Crippen LogP contribution in [0.25, 0.3) is 11.5 Å². The number of aromatic nitrogens is 2. The molecule has 1 aromatic carbocycles. The summed E-state index contributed by atoms with van der Waals surface area (Å²) in [4.78, 5) is 4.47. The molecule has 2 N–H and O–H groups in total. The summed E-state index contributed by atoms with van der Waals surface area (Å²) in [7, 11) is 0. The second kappa shape index (κ2) is 3.67. The van der Waals surface area contributed by atoms with E-state index in [4.69, 9.17) is 10.3 Å². The van der Waals surface area contributed by atoms with Crippen LogP contribution in [0.5, 0.6) is 0 Å². The number of rotatable bonds is 3. The monoisotopic (exact) mass is 229 g/mol. The van der Waals surface area contributed by atoms with Crippen molar-refractivity contribution in [2.75, 3.05) is 0 Å². The Bertz CT molecular complexity index is 543. The van der Waals surface area contributed by atoms with Crippen molar-refractivity contribution in [1.82, 2.24) is 10.1 Å². The van der Waals surface area contributed by atoms with Gasteiger partial charge in [-0.2, -0.15) is 4.98 Å². The zero-order valence-electron chi connectivity index (χ0n) is 9.81. The molecule has 1 heterocycles. The van der Waals surface area contributed by atoms with Crippen LogP contribution in [0.3, 0.4) is 0 Å². The maximum Gasteiger partial charge on any atom is 0.257 e. The van der Waals surface area contributed by atoms with Gasteiger partial charge in [-0.1, -0.05) is 24.2 Å². The van der Waals surface area contributed by atoms with Crippen molar-refractivity contribution in [2.45, 2.75) is 31.7 Å². The van der Waals surface area contributed by atoms with Gasteiger partial charge in [0.1, 0.15) is 0 Å². The van der Waals surface area contributed by atoms with E-state index in [-0.39, 0.29) is 5.41 Å². The van der Waals surface area contributed by atoms with E-state index in [9.17, 15) is 0 Å². The molecule has 1 aromatic heterocycles. The highest BCUT2D eigenvalue weighted by Gasteiger charge is 2.43. The molecule has 0 aliphatic heterocycles. The van der Waals surface area contributed by atoms with Crippen LogP contribution in [0.2, 0.25) is 0 Å². The second-order valence-corrected chi connectivity index (χ2v) is 4.89. The van der Waals surface area contributed by atoms with E-state index in [0.29, 0.717) is 12.4 Å². The topological polar surface area (TPSA) is 64.9 Å². The van der Waals surface area contributed by atoms with Crippen molar-refractivity contribution in [3.8, 4) is 11.5 Å². The van der Waals surface area contributed by atoms with Crippen LogP contribution in [0.15, 0.2) is 28.8 Å². The SMILES string of the molecule is CC1(c2noc(-c3cccc(CN)c3)n2)CC1. The van der Waals surface area contributed by atoms with Crippen LogP contribution in [0.4, 0.5) is 0 Å². The highest BCUT2D eigenvalue weighted by atomic mass is 16.5. The molecule has 0 saturated heterocycles. The molecule has 1 aliphatic rings. The van der Waals surface area contributed by atoms with E-state index in [1.54, 1.807) is 0 Å². The Morgan fingerprint density at radius 2 is 2.24 bits per heavy atom. The third kappa shape index (κ3) is 1.85. The van der Waals surface area contributed by atoms with Crippen LogP contribution in [-0.4, -0.2) is 10.1 Å². The molecule has 4 nitrogen and oxygen atoms in total. The normalized spacial score (nSPS) is 17.1. The largest absolute Gasteiger partial charge is 0.334 e. The molecule has 0 atom stereocenters. The maximum absolute atomic E-state index is 5.61. The summed E-state index contributed by atoms with van der Waals surface area (Å²) in [5, 5.41) is 4.06. The van der Waals surface area contributed by atoms with E-state index >= 15 is 0 Å². The fourth-order valence-corrected chi connectivity index (χ4v) is 1.83. The summed E-state index contributed by atoms with van der Waals surface area (Å²) < 4.78 is 5.31. The molecule has 1 fully saturated rings. The molecule has 0 bridgehead atoms. The Morgan fingerprint density at radius 1 is 1.41 bits per heavy atom. The molecule has 88 valence electrons. The predicted molar refractivity (Wildman–Crippen MR) is 64.2 cm³/mol. The zero-order chi connectivity index (χ0) is 11.9. The molecule has 1 aliphatic carbocycles. The van der Waals surface area contributed by atoms with Crippen LogP contribution in [-0.2, 0) is 12.0 Å². The summed E-state index contributed by atoms with van der Waals surface area (Å²) in [5.74, 6) is 1.41. The number of hydrogen-bond donors (Lipinski definition) is 1. The van der Waals surface area contributed by atoms with E-state index in [0.717, 1.165) is 29.8 Å². The Morgan fingerprint density at radius 3 is 2.94 bits per heavy atom. The number of nitrogens with two attached hydrogens (primary N) is 1. The van der Waals surface area contributed by atoms with Crippen molar-refractivity contribution in [1.29, 1.82) is 0 Å². The van der Waals surface area contributed by atoms with Gasteiger partial charge in [-0.15, -0.1) is 0 Å². The molecular formula is C13H15N3O. The van der Waals surface area contributed by atoms with Gasteiger partial charge >= 0.3 is 0 Å². The third-order valence-electron chi connectivity index (χ3n) is 3.38. The van der Waals surface area contributed by atoms with Gasteiger partial charge in [0.15, 0.2) is 5.82 Å². The number of benzene rings is 1. The first-order chi connectivity index (χ1) is 8.21. The van der Waals surface area contributed by atoms with Crippen molar-refractivity contribution < 1.29 is 4.52 Å². The molecule has 2 aromatic rings. The van der Waals surface area contributed by atoms with E-state index in [1.807, 2.05) is 24.3 Å². The van der Waals surface area contributed by atoms with E-state index in [1.165, 1.54) is 0 Å². The standard InChI is InChI=1S/C13H15N3O/c1-13(5-6-13)12-15-11(17-16-12)10-4-2-3-9(7-10)8-14/h2-4,7H,5-6,8,14H2,1H3. The lowest BCUT2D eigenvalue weighted by Crippen LogP contribution is -2.01. The molecule has 0 radical (unpaired) electrons. The summed E-state index contributed by atoms with van der Waals surface area (Å²) in [5.41, 5.74) is 7.77. The molecular weight excluding hydrogens is 214 g/mol. The summed E-state index contributed by atoms with van der Waals surface area (Å²) in [6.07, 6.45) is 2.30. The van der Waals surface area contributed by atoms with Crippen molar-refractivity contribution in [3.05, 3.63) is 35.7 Å². The third-order valence-corrected chi connectivity index (χ3v) is 3.38. The zero-order valence-corrected chi connectivity index (χ0v) is 9.81. The molecule has 0 unspecified atom stereocenters. The number of hydrogen-bond acceptors (Lipinski definition) is 4. The van der Waals surface area contributed by atoms with Crippen molar-refractivity contribution >= 4 is 0 Å². The molecule has 4 heteroatoms. The fourth-order valence-electron chi connectivity index (χ4n) is 1.83. The second-order valence-electron chi connectivity index (χ2n) is 4.89. The smallest absolute Gasteiger partial charge is 0.257 e. The fraction of sp³-hybridized carbons (Fsp3) is 0.385. The van der Waals surface area contributed by atoms with Crippen LogP contribution < -0.4 is 5.73 Å². The average Bonchev–Trinajstić information content (AvgIpc) is 2.94. The Balaban J connectivity index is 1.95. The molecule has 0 spiro atoms. The van der Waals surface area contributed by atoms with Gasteiger partial charge in [0.2, 0.25) is 0 Å². The molecule has 3 rings (SSSR count). The van der Waals surface area contributed by atoms with Gasteiger partial charge in [0.05, 0.1) is 0 Å². The molecule has 17 heavy (non-hydrogen) atoms. The summed E-state index contributed by atoms with van der Waals surface area (Å²) in [6.45, 7) is 2.69. The minimum Gasteiger partial charge on any atom is -0.334 e. The van der Waals surface area contributed by atoms with Gasteiger partial charge in [-0.3, -0.25) is 0 Å². The Kier molecular flexibility index (Phi) is 2.26.